The molecule has 0 heterocycles. The van der Waals surface area contributed by atoms with Crippen molar-refractivity contribution in [3.8, 4) is 0 Å². The van der Waals surface area contributed by atoms with Gasteiger partial charge in [-0.15, -0.1) is 9.24 Å². The Bertz CT molecular complexity index is 376. The number of hydrogen-bond donors (Lipinski definition) is 2. The molecule has 1 aromatic rings. The van der Waals surface area contributed by atoms with E-state index in [9.17, 15) is 9.59 Å². The van der Waals surface area contributed by atoms with Crippen LogP contribution in [0.2, 0.25) is 0 Å². The maximum atomic E-state index is 10.8. The van der Waals surface area contributed by atoms with Gasteiger partial charge in [0.2, 0.25) is 11.8 Å². The van der Waals surface area contributed by atoms with Crippen molar-refractivity contribution in [2.75, 3.05) is 0 Å². The average Bonchev–Trinajstić information content (AvgIpc) is 2.03. The van der Waals surface area contributed by atoms with E-state index in [0.717, 1.165) is 0 Å². The number of hydrogen-bond acceptors (Lipinski definition) is 2. The fourth-order valence-corrected chi connectivity index (χ4v) is 1.36. The fraction of sp³-hybridized carbons (Fsp3) is 0. The number of rotatable bonds is 2. The van der Waals surface area contributed by atoms with Crippen LogP contribution in [0.1, 0.15) is 20.7 Å². The van der Waals surface area contributed by atoms with Crippen molar-refractivity contribution in [1.29, 1.82) is 0 Å². The Hall–Kier alpha value is -1.41. The van der Waals surface area contributed by atoms with Gasteiger partial charge in [0.1, 0.15) is 0 Å². The molecule has 1 unspecified atom stereocenters. The van der Waals surface area contributed by atoms with Gasteiger partial charge in [-0.25, -0.2) is 0 Å². The lowest BCUT2D eigenvalue weighted by Gasteiger charge is -2.02. The first-order chi connectivity index (χ1) is 6.02. The second-order valence-electron chi connectivity index (χ2n) is 2.53. The first-order valence-electron chi connectivity index (χ1n) is 3.51. The minimum Gasteiger partial charge on any atom is -0.366 e. The van der Waals surface area contributed by atoms with Crippen molar-refractivity contribution in [2.24, 2.45) is 11.5 Å². The van der Waals surface area contributed by atoms with E-state index in [0.29, 0.717) is 16.4 Å². The first-order valence-corrected chi connectivity index (χ1v) is 4.09. The number of carbonyl (C=O) groups is 2. The third-order valence-corrected chi connectivity index (χ3v) is 2.08. The van der Waals surface area contributed by atoms with Crippen molar-refractivity contribution < 1.29 is 9.59 Å². The summed E-state index contributed by atoms with van der Waals surface area (Å²) < 4.78 is 0. The van der Waals surface area contributed by atoms with Crippen molar-refractivity contribution in [1.82, 2.24) is 0 Å². The summed E-state index contributed by atoms with van der Waals surface area (Å²) in [6, 6.07) is 4.45. The van der Waals surface area contributed by atoms with Crippen molar-refractivity contribution in [2.45, 2.75) is 0 Å². The van der Waals surface area contributed by atoms with Gasteiger partial charge in [0.15, 0.2) is 0 Å². The molecule has 0 saturated carbocycles. The summed E-state index contributed by atoms with van der Waals surface area (Å²) in [6.07, 6.45) is 0. The monoisotopic (exact) mass is 196 g/mol. The molecule has 68 valence electrons. The molecule has 0 radical (unpaired) electrons. The molecule has 0 aliphatic carbocycles. The summed E-state index contributed by atoms with van der Waals surface area (Å²) in [5.41, 5.74) is 10.8. The standard InChI is InChI=1S/C8H9N2O2P/c9-7(11)4-1-2-5(8(10)12)6(13)3-4/h1-3H,13H2,(H2,9,11)(H2,10,12). The summed E-state index contributed by atoms with van der Waals surface area (Å²) >= 11 is 0. The molecule has 1 rings (SSSR count). The molecule has 0 saturated heterocycles. The molecule has 0 fully saturated rings. The number of primary amides is 2. The van der Waals surface area contributed by atoms with Crippen molar-refractivity contribution in [3.63, 3.8) is 0 Å². The third-order valence-electron chi connectivity index (χ3n) is 1.60. The molecule has 5 heteroatoms. The maximum Gasteiger partial charge on any atom is 0.249 e. The molecule has 0 bridgehead atoms. The van der Waals surface area contributed by atoms with Gasteiger partial charge < -0.3 is 11.5 Å². The average molecular weight is 196 g/mol. The summed E-state index contributed by atoms with van der Waals surface area (Å²) in [6.45, 7) is 0. The van der Waals surface area contributed by atoms with Gasteiger partial charge in [-0.2, -0.15) is 0 Å². The maximum absolute atomic E-state index is 10.8. The van der Waals surface area contributed by atoms with Crippen LogP contribution in [0, 0.1) is 0 Å². The van der Waals surface area contributed by atoms with Crippen LogP contribution in [0.5, 0.6) is 0 Å². The van der Waals surface area contributed by atoms with E-state index in [1.54, 1.807) is 0 Å². The minimum atomic E-state index is -0.528. The van der Waals surface area contributed by atoms with E-state index >= 15 is 0 Å². The molecule has 1 aromatic carbocycles. The summed E-state index contributed by atoms with van der Waals surface area (Å²) in [4.78, 5) is 21.5. The van der Waals surface area contributed by atoms with Gasteiger partial charge in [0, 0.05) is 11.1 Å². The van der Waals surface area contributed by atoms with Crippen LogP contribution in [0.15, 0.2) is 18.2 Å². The van der Waals surface area contributed by atoms with Crippen LogP contribution in [-0.4, -0.2) is 11.8 Å². The highest BCUT2D eigenvalue weighted by Crippen LogP contribution is 2.04. The Morgan fingerprint density at radius 3 is 2.15 bits per heavy atom. The first kappa shape index (κ1) is 9.68. The Labute approximate surface area is 77.5 Å². The van der Waals surface area contributed by atoms with Crippen LogP contribution < -0.4 is 16.8 Å². The zero-order valence-corrected chi connectivity index (χ0v) is 7.94. The number of carbonyl (C=O) groups excluding carboxylic acids is 2. The highest BCUT2D eigenvalue weighted by atomic mass is 31.0. The van der Waals surface area contributed by atoms with Gasteiger partial charge in [-0.1, -0.05) is 0 Å². The van der Waals surface area contributed by atoms with E-state index in [1.807, 2.05) is 0 Å². The Morgan fingerprint density at radius 2 is 1.77 bits per heavy atom. The van der Waals surface area contributed by atoms with E-state index in [1.165, 1.54) is 18.2 Å². The molecule has 13 heavy (non-hydrogen) atoms. The molecule has 4 N–H and O–H groups in total. The zero-order chi connectivity index (χ0) is 10.0. The summed E-state index contributed by atoms with van der Waals surface area (Å²) in [7, 11) is 2.33. The second kappa shape index (κ2) is 3.54. The van der Waals surface area contributed by atoms with Gasteiger partial charge in [0.05, 0.1) is 0 Å². The molecule has 0 spiro atoms. The van der Waals surface area contributed by atoms with Gasteiger partial charge in [0.25, 0.3) is 0 Å². The van der Waals surface area contributed by atoms with E-state index in [4.69, 9.17) is 11.5 Å². The van der Waals surface area contributed by atoms with Crippen LogP contribution in [0.3, 0.4) is 0 Å². The van der Waals surface area contributed by atoms with E-state index in [-0.39, 0.29) is 0 Å². The minimum absolute atomic E-state index is 0.356. The van der Waals surface area contributed by atoms with Gasteiger partial charge in [-0.3, -0.25) is 9.59 Å². The van der Waals surface area contributed by atoms with Gasteiger partial charge >= 0.3 is 0 Å². The largest absolute Gasteiger partial charge is 0.366 e. The lowest BCUT2D eigenvalue weighted by molar-refractivity contribution is 0.0989. The molecule has 0 aliphatic heterocycles. The van der Waals surface area contributed by atoms with Crippen LogP contribution in [0.4, 0.5) is 0 Å². The quantitative estimate of drug-likeness (QED) is 0.618. The van der Waals surface area contributed by atoms with Crippen molar-refractivity contribution >= 4 is 26.4 Å². The molecule has 2 amide bonds. The summed E-state index contributed by atoms with van der Waals surface area (Å²) in [5, 5.41) is 0.573. The Balaban J connectivity index is 3.20. The molecule has 0 aliphatic rings. The molecular formula is C8H9N2O2P. The number of benzene rings is 1. The smallest absolute Gasteiger partial charge is 0.249 e. The van der Waals surface area contributed by atoms with E-state index < -0.39 is 11.8 Å². The lowest BCUT2D eigenvalue weighted by atomic mass is 10.1. The van der Waals surface area contributed by atoms with E-state index in [2.05, 4.69) is 9.24 Å². The second-order valence-corrected chi connectivity index (χ2v) is 3.15. The molecular weight excluding hydrogens is 187 g/mol. The zero-order valence-electron chi connectivity index (χ0n) is 6.78. The number of amides is 2. The van der Waals surface area contributed by atoms with Crippen LogP contribution in [0.25, 0.3) is 0 Å². The molecule has 1 atom stereocenters. The fourth-order valence-electron chi connectivity index (χ4n) is 0.940. The highest BCUT2D eigenvalue weighted by Gasteiger charge is 2.07. The lowest BCUT2D eigenvalue weighted by Crippen LogP contribution is -2.20. The van der Waals surface area contributed by atoms with Crippen LogP contribution >= 0.6 is 9.24 Å². The van der Waals surface area contributed by atoms with Crippen LogP contribution in [-0.2, 0) is 0 Å². The Kier molecular flexibility index (Phi) is 2.63. The predicted molar refractivity (Wildman–Crippen MR) is 52.8 cm³/mol. The predicted octanol–water partition coefficient (Wildman–Crippen LogP) is -0.615. The highest BCUT2D eigenvalue weighted by molar-refractivity contribution is 7.27. The Morgan fingerprint density at radius 1 is 1.15 bits per heavy atom. The topological polar surface area (TPSA) is 86.2 Å². The molecule has 4 nitrogen and oxygen atoms in total. The SMILES string of the molecule is NC(=O)c1ccc(C(N)=O)c(P)c1. The number of nitrogens with two attached hydrogens (primary N) is 2. The normalized spacial score (nSPS) is 9.62. The van der Waals surface area contributed by atoms with Crippen molar-refractivity contribution in [3.05, 3.63) is 29.3 Å². The van der Waals surface area contributed by atoms with Gasteiger partial charge in [-0.05, 0) is 23.5 Å². The summed E-state index contributed by atoms with van der Waals surface area (Å²) in [5.74, 6) is -1.05. The third kappa shape index (κ3) is 2.04. The molecule has 0 aromatic heterocycles.